The van der Waals surface area contributed by atoms with Crippen LogP contribution in [-0.2, 0) is 11.3 Å². The van der Waals surface area contributed by atoms with E-state index in [1.165, 1.54) is 5.56 Å². The molecule has 1 saturated heterocycles. The zero-order chi connectivity index (χ0) is 19.8. The Balaban J connectivity index is 1.65. The topological polar surface area (TPSA) is 46.5 Å². The highest BCUT2D eigenvalue weighted by atomic mass is 16.5. The second-order valence-electron chi connectivity index (χ2n) is 7.51. The van der Waals surface area contributed by atoms with Gasteiger partial charge in [0, 0.05) is 38.4 Å². The van der Waals surface area contributed by atoms with Crippen molar-refractivity contribution in [3.63, 3.8) is 0 Å². The monoisotopic (exact) mass is 383 g/mol. The number of nitrogens with zero attached hydrogens (tertiary/aromatic N) is 2. The molecule has 152 valence electrons. The summed E-state index contributed by atoms with van der Waals surface area (Å²) < 4.78 is 7.54. The smallest absolute Gasteiger partial charge is 0.267 e. The Hall–Kier alpha value is -2.11. The van der Waals surface area contributed by atoms with Crippen LogP contribution in [0.3, 0.4) is 0 Å². The van der Waals surface area contributed by atoms with E-state index in [2.05, 4.69) is 36.2 Å². The first-order valence-corrected chi connectivity index (χ1v) is 10.5. The van der Waals surface area contributed by atoms with E-state index in [4.69, 9.17) is 4.74 Å². The van der Waals surface area contributed by atoms with Gasteiger partial charge in [0.1, 0.15) is 5.69 Å². The number of benzene rings is 1. The van der Waals surface area contributed by atoms with E-state index in [1.807, 2.05) is 41.1 Å². The van der Waals surface area contributed by atoms with Crippen LogP contribution in [0.1, 0.15) is 42.7 Å². The summed E-state index contributed by atoms with van der Waals surface area (Å²) in [6.07, 6.45) is 4.22. The van der Waals surface area contributed by atoms with Gasteiger partial charge in [-0.05, 0) is 23.6 Å². The number of carbonyl (C=O) groups excluding carboxylic acids is 1. The van der Waals surface area contributed by atoms with E-state index in [1.54, 1.807) is 0 Å². The molecule has 0 saturated carbocycles. The van der Waals surface area contributed by atoms with Crippen LogP contribution in [0, 0.1) is 5.92 Å². The van der Waals surface area contributed by atoms with Crippen molar-refractivity contribution in [3.05, 3.63) is 59.9 Å². The minimum absolute atomic E-state index is 0.00477. The Morgan fingerprint density at radius 1 is 1.07 bits per heavy atom. The number of hydrogen-bond donors (Lipinski definition) is 1. The molecule has 1 aromatic heterocycles. The molecule has 1 aliphatic rings. The quantitative estimate of drug-likeness (QED) is 0.722. The van der Waals surface area contributed by atoms with Gasteiger partial charge in [-0.1, -0.05) is 57.0 Å². The van der Waals surface area contributed by atoms with E-state index < -0.39 is 0 Å². The first-order chi connectivity index (χ1) is 13.7. The van der Waals surface area contributed by atoms with Crippen LogP contribution in [-0.4, -0.2) is 54.3 Å². The number of amides is 1. The first kappa shape index (κ1) is 20.6. The zero-order valence-electron chi connectivity index (χ0n) is 17.1. The highest BCUT2D eigenvalue weighted by molar-refractivity contribution is 5.92. The molecular weight excluding hydrogens is 350 g/mol. The lowest BCUT2D eigenvalue weighted by Crippen LogP contribution is -2.52. The summed E-state index contributed by atoms with van der Waals surface area (Å²) in [7, 11) is 0. The van der Waals surface area contributed by atoms with Crippen molar-refractivity contribution in [2.45, 2.75) is 39.3 Å². The summed E-state index contributed by atoms with van der Waals surface area (Å²) >= 11 is 0. The van der Waals surface area contributed by atoms with E-state index in [0.29, 0.717) is 30.7 Å². The summed E-state index contributed by atoms with van der Waals surface area (Å²) in [5, 5.41) is 3.22. The number of rotatable bonds is 9. The Morgan fingerprint density at radius 3 is 2.46 bits per heavy atom. The largest absolute Gasteiger partial charge is 0.379 e. The van der Waals surface area contributed by atoms with Crippen molar-refractivity contribution in [3.8, 4) is 0 Å². The zero-order valence-corrected chi connectivity index (χ0v) is 17.1. The second kappa shape index (κ2) is 10.4. The van der Waals surface area contributed by atoms with Crippen LogP contribution in [0.5, 0.6) is 0 Å². The number of ether oxygens (including phenoxy) is 1. The second-order valence-corrected chi connectivity index (χ2v) is 7.51. The van der Waals surface area contributed by atoms with E-state index in [0.717, 1.165) is 39.1 Å². The predicted octanol–water partition coefficient (Wildman–Crippen LogP) is 3.40. The number of nitrogens with one attached hydrogen (secondary N) is 1. The molecule has 1 aromatic carbocycles. The molecule has 0 radical (unpaired) electrons. The van der Waals surface area contributed by atoms with Crippen molar-refractivity contribution in [1.82, 2.24) is 14.8 Å². The average molecular weight is 384 g/mol. The molecule has 1 atom stereocenters. The van der Waals surface area contributed by atoms with E-state index >= 15 is 0 Å². The standard InChI is InChI=1S/C23H33N3O2/c1-3-20(4-2)22(25-13-15-28-16-14-25)17-24-23(27)21-11-8-12-26(21)18-19-9-6-5-7-10-19/h5-12,20,22H,3-4,13-18H2,1-2H3,(H,24,27). The van der Waals surface area contributed by atoms with Crippen LogP contribution in [0.15, 0.2) is 48.7 Å². The SMILES string of the molecule is CCC(CC)C(CNC(=O)c1cccn1Cc1ccccc1)N1CCOCC1. The number of carbonyl (C=O) groups is 1. The molecule has 1 amide bonds. The van der Waals surface area contributed by atoms with Crippen LogP contribution in [0.2, 0.25) is 0 Å². The fourth-order valence-electron chi connectivity index (χ4n) is 4.16. The van der Waals surface area contributed by atoms with E-state index in [9.17, 15) is 4.79 Å². The van der Waals surface area contributed by atoms with Gasteiger partial charge in [-0.25, -0.2) is 0 Å². The number of morpholine rings is 1. The molecule has 28 heavy (non-hydrogen) atoms. The van der Waals surface area contributed by atoms with Crippen molar-refractivity contribution in [2.24, 2.45) is 5.92 Å². The molecular formula is C23H33N3O2. The summed E-state index contributed by atoms with van der Waals surface area (Å²) in [6, 6.07) is 14.4. The van der Waals surface area contributed by atoms with Crippen molar-refractivity contribution >= 4 is 5.91 Å². The Bertz CT molecular complexity index is 718. The van der Waals surface area contributed by atoms with Crippen LogP contribution in [0.25, 0.3) is 0 Å². The number of hydrogen-bond acceptors (Lipinski definition) is 3. The van der Waals surface area contributed by atoms with Gasteiger partial charge in [-0.3, -0.25) is 9.69 Å². The van der Waals surface area contributed by atoms with Gasteiger partial charge < -0.3 is 14.6 Å². The van der Waals surface area contributed by atoms with Gasteiger partial charge in [0.2, 0.25) is 0 Å². The van der Waals surface area contributed by atoms with E-state index in [-0.39, 0.29) is 5.91 Å². The Kier molecular flexibility index (Phi) is 7.69. The molecule has 5 heteroatoms. The third-order valence-corrected chi connectivity index (χ3v) is 5.84. The van der Waals surface area contributed by atoms with Crippen molar-refractivity contribution in [2.75, 3.05) is 32.8 Å². The normalized spacial score (nSPS) is 16.2. The van der Waals surface area contributed by atoms with Gasteiger partial charge in [0.05, 0.1) is 13.2 Å². The Morgan fingerprint density at radius 2 is 1.79 bits per heavy atom. The lowest BCUT2D eigenvalue weighted by Gasteiger charge is -2.38. The lowest BCUT2D eigenvalue weighted by molar-refractivity contribution is 0.00189. The molecule has 1 unspecified atom stereocenters. The van der Waals surface area contributed by atoms with Crippen LogP contribution < -0.4 is 5.32 Å². The molecule has 1 fully saturated rings. The molecule has 1 N–H and O–H groups in total. The van der Waals surface area contributed by atoms with Gasteiger partial charge in [-0.15, -0.1) is 0 Å². The summed E-state index contributed by atoms with van der Waals surface area (Å²) in [6.45, 7) is 9.33. The van der Waals surface area contributed by atoms with Gasteiger partial charge in [0.25, 0.3) is 5.91 Å². The maximum Gasteiger partial charge on any atom is 0.267 e. The van der Waals surface area contributed by atoms with Crippen LogP contribution in [0.4, 0.5) is 0 Å². The van der Waals surface area contributed by atoms with Crippen molar-refractivity contribution < 1.29 is 9.53 Å². The third kappa shape index (κ3) is 5.24. The maximum atomic E-state index is 12.9. The molecule has 2 aromatic rings. The molecule has 3 rings (SSSR count). The van der Waals surface area contributed by atoms with Gasteiger partial charge in [-0.2, -0.15) is 0 Å². The third-order valence-electron chi connectivity index (χ3n) is 5.84. The molecule has 0 aliphatic carbocycles. The molecule has 2 heterocycles. The first-order valence-electron chi connectivity index (χ1n) is 10.5. The molecule has 0 spiro atoms. The molecule has 0 bridgehead atoms. The molecule has 5 nitrogen and oxygen atoms in total. The fraction of sp³-hybridized carbons (Fsp3) is 0.522. The average Bonchev–Trinajstić information content (AvgIpc) is 3.20. The van der Waals surface area contributed by atoms with Gasteiger partial charge in [0.15, 0.2) is 0 Å². The lowest BCUT2D eigenvalue weighted by atomic mass is 9.92. The molecule has 1 aliphatic heterocycles. The van der Waals surface area contributed by atoms with Crippen LogP contribution >= 0.6 is 0 Å². The maximum absolute atomic E-state index is 12.9. The predicted molar refractivity (Wildman–Crippen MR) is 113 cm³/mol. The minimum Gasteiger partial charge on any atom is -0.379 e. The van der Waals surface area contributed by atoms with Crippen molar-refractivity contribution in [1.29, 1.82) is 0 Å². The number of aromatic nitrogens is 1. The summed E-state index contributed by atoms with van der Waals surface area (Å²) in [5.74, 6) is 0.583. The van der Waals surface area contributed by atoms with Gasteiger partial charge >= 0.3 is 0 Å². The highest BCUT2D eigenvalue weighted by Gasteiger charge is 2.27. The summed E-state index contributed by atoms with van der Waals surface area (Å²) in [5.41, 5.74) is 1.91. The Labute approximate surface area is 168 Å². The highest BCUT2D eigenvalue weighted by Crippen LogP contribution is 2.20. The minimum atomic E-state index is 0.00477. The fourth-order valence-corrected chi connectivity index (χ4v) is 4.16. The summed E-state index contributed by atoms with van der Waals surface area (Å²) in [4.78, 5) is 15.4.